The normalized spacial score (nSPS) is 14.7. The summed E-state index contributed by atoms with van der Waals surface area (Å²) in [5.41, 5.74) is 4.91. The predicted molar refractivity (Wildman–Crippen MR) is 168 cm³/mol. The van der Waals surface area contributed by atoms with Crippen LogP contribution in [0.1, 0.15) is 66.8 Å². The van der Waals surface area contributed by atoms with Gasteiger partial charge in [-0.3, -0.25) is 13.9 Å². The molecule has 3 aromatic rings. The smallest absolute Gasteiger partial charge is 0.264 e. The van der Waals surface area contributed by atoms with E-state index in [1.54, 1.807) is 37.3 Å². The third-order valence-electron chi connectivity index (χ3n) is 8.08. The average Bonchev–Trinajstić information content (AvgIpc) is 2.96. The number of anilines is 1. The lowest BCUT2D eigenvalue weighted by atomic mass is 9.95. The Balaban J connectivity index is 1.71. The molecule has 0 unspecified atom stereocenters. The maximum absolute atomic E-state index is 14.2. The number of sulfonamides is 1. The molecule has 1 N–H and O–H groups in total. The van der Waals surface area contributed by atoms with E-state index in [1.165, 1.54) is 15.6 Å². The van der Waals surface area contributed by atoms with Gasteiger partial charge in [0.2, 0.25) is 11.8 Å². The molecular weight excluding hydrogens is 546 g/mol. The average molecular weight is 590 g/mol. The SMILES string of the molecule is Cc1ccc(S(=O)(=O)N(CC(=O)N(Cc2cccc(C)c2)[C@@H](C)C(=O)NC2CCCCC2)c2cc(C)ccc2C)cc1. The summed E-state index contributed by atoms with van der Waals surface area (Å²) in [6.45, 7) is 9.07. The highest BCUT2D eigenvalue weighted by atomic mass is 32.2. The predicted octanol–water partition coefficient (Wildman–Crippen LogP) is 5.98. The molecule has 1 aliphatic rings. The Morgan fingerprint density at radius 2 is 1.50 bits per heavy atom. The lowest BCUT2D eigenvalue weighted by molar-refractivity contribution is -0.139. The Labute approximate surface area is 251 Å². The van der Waals surface area contributed by atoms with Crippen LogP contribution in [0.15, 0.2) is 71.6 Å². The molecule has 2 amide bonds. The highest BCUT2D eigenvalue weighted by Gasteiger charge is 2.33. The molecule has 0 radical (unpaired) electrons. The van der Waals surface area contributed by atoms with Gasteiger partial charge >= 0.3 is 0 Å². The molecule has 0 spiro atoms. The van der Waals surface area contributed by atoms with Crippen LogP contribution in [0.5, 0.6) is 0 Å². The maximum Gasteiger partial charge on any atom is 0.264 e. The van der Waals surface area contributed by atoms with Crippen molar-refractivity contribution in [3.05, 3.63) is 94.5 Å². The van der Waals surface area contributed by atoms with Crippen LogP contribution in [0.4, 0.5) is 5.69 Å². The second-order valence-electron chi connectivity index (χ2n) is 11.6. The van der Waals surface area contributed by atoms with Crippen LogP contribution in [-0.4, -0.2) is 43.8 Å². The minimum atomic E-state index is -4.10. The molecule has 1 aliphatic carbocycles. The Bertz CT molecular complexity index is 1510. The van der Waals surface area contributed by atoms with Crippen molar-refractivity contribution in [3.8, 4) is 0 Å². The Morgan fingerprint density at radius 3 is 2.17 bits per heavy atom. The van der Waals surface area contributed by atoms with Gasteiger partial charge in [-0.25, -0.2) is 8.42 Å². The van der Waals surface area contributed by atoms with Crippen LogP contribution in [-0.2, 0) is 26.2 Å². The Hall–Kier alpha value is -3.65. The van der Waals surface area contributed by atoms with Gasteiger partial charge in [-0.2, -0.15) is 0 Å². The molecule has 1 fully saturated rings. The summed E-state index contributed by atoms with van der Waals surface area (Å²) in [6.07, 6.45) is 5.18. The number of amides is 2. The molecule has 0 aliphatic heterocycles. The van der Waals surface area contributed by atoms with Crippen LogP contribution in [0.3, 0.4) is 0 Å². The van der Waals surface area contributed by atoms with Gasteiger partial charge in [0.05, 0.1) is 10.6 Å². The number of rotatable bonds is 10. The first-order valence-corrected chi connectivity index (χ1v) is 16.2. The van der Waals surface area contributed by atoms with Crippen LogP contribution < -0.4 is 9.62 Å². The van der Waals surface area contributed by atoms with Gasteiger partial charge in [-0.05, 0) is 82.3 Å². The van der Waals surface area contributed by atoms with Crippen LogP contribution in [0.2, 0.25) is 0 Å². The first-order chi connectivity index (χ1) is 20.0. The van der Waals surface area contributed by atoms with Crippen molar-refractivity contribution in [2.45, 2.75) is 90.2 Å². The largest absolute Gasteiger partial charge is 0.352 e. The highest BCUT2D eigenvalue weighted by molar-refractivity contribution is 7.92. The van der Waals surface area contributed by atoms with E-state index < -0.39 is 28.5 Å². The van der Waals surface area contributed by atoms with Gasteiger partial charge in [0, 0.05) is 12.6 Å². The number of hydrogen-bond donors (Lipinski definition) is 1. The van der Waals surface area contributed by atoms with Crippen molar-refractivity contribution < 1.29 is 18.0 Å². The molecule has 42 heavy (non-hydrogen) atoms. The number of nitrogens with zero attached hydrogens (tertiary/aromatic N) is 2. The molecule has 8 heteroatoms. The van der Waals surface area contributed by atoms with E-state index in [0.29, 0.717) is 5.69 Å². The third kappa shape index (κ3) is 7.59. The maximum atomic E-state index is 14.2. The van der Waals surface area contributed by atoms with Crippen molar-refractivity contribution in [2.75, 3.05) is 10.8 Å². The standard InChI is InChI=1S/C34H43N3O4S/c1-24-15-18-31(19-16-24)42(40,41)37(32-21-26(3)14-17-27(32)4)23-33(38)36(22-29-11-9-10-25(2)20-29)28(5)34(39)35-30-12-7-6-8-13-30/h9-11,14-21,28,30H,6-8,12-13,22-23H2,1-5H3,(H,35,39)/t28-/m0/s1. The van der Waals surface area contributed by atoms with Crippen LogP contribution >= 0.6 is 0 Å². The van der Waals surface area contributed by atoms with Crippen LogP contribution in [0.25, 0.3) is 0 Å². The third-order valence-corrected chi connectivity index (χ3v) is 9.85. The monoisotopic (exact) mass is 589 g/mol. The molecule has 0 heterocycles. The number of carbonyl (C=O) groups excluding carboxylic acids is 2. The lowest BCUT2D eigenvalue weighted by Crippen LogP contribution is -2.53. The minimum Gasteiger partial charge on any atom is -0.352 e. The minimum absolute atomic E-state index is 0.0954. The highest BCUT2D eigenvalue weighted by Crippen LogP contribution is 2.29. The molecule has 224 valence electrons. The molecule has 3 aromatic carbocycles. The molecule has 0 bridgehead atoms. The van der Waals surface area contributed by atoms with Crippen molar-refractivity contribution in [2.24, 2.45) is 0 Å². The van der Waals surface area contributed by atoms with Gasteiger partial charge in [-0.15, -0.1) is 0 Å². The Morgan fingerprint density at radius 1 is 0.857 bits per heavy atom. The summed E-state index contributed by atoms with van der Waals surface area (Å²) in [5.74, 6) is -0.665. The number of carbonyl (C=O) groups is 2. The van der Waals surface area contributed by atoms with E-state index >= 15 is 0 Å². The second kappa shape index (κ2) is 13.6. The summed E-state index contributed by atoms with van der Waals surface area (Å²) in [4.78, 5) is 29.3. The van der Waals surface area contributed by atoms with E-state index in [-0.39, 0.29) is 23.4 Å². The number of nitrogens with one attached hydrogen (secondary N) is 1. The topological polar surface area (TPSA) is 86.8 Å². The molecule has 1 saturated carbocycles. The van der Waals surface area contributed by atoms with Crippen molar-refractivity contribution in [1.82, 2.24) is 10.2 Å². The van der Waals surface area contributed by atoms with E-state index in [2.05, 4.69) is 5.32 Å². The van der Waals surface area contributed by atoms with E-state index in [0.717, 1.165) is 53.5 Å². The molecule has 0 saturated heterocycles. The summed E-state index contributed by atoms with van der Waals surface area (Å²) in [7, 11) is -4.10. The first-order valence-electron chi connectivity index (χ1n) is 14.8. The van der Waals surface area contributed by atoms with E-state index in [4.69, 9.17) is 0 Å². The molecule has 4 rings (SSSR count). The zero-order chi connectivity index (χ0) is 30.4. The van der Waals surface area contributed by atoms with Gasteiger partial charge in [0.25, 0.3) is 10.0 Å². The van der Waals surface area contributed by atoms with Gasteiger partial charge < -0.3 is 10.2 Å². The van der Waals surface area contributed by atoms with Crippen LogP contribution in [0, 0.1) is 27.7 Å². The quantitative estimate of drug-likeness (QED) is 0.315. The van der Waals surface area contributed by atoms with Gasteiger partial charge in [0.15, 0.2) is 0 Å². The summed E-state index contributed by atoms with van der Waals surface area (Å²) in [5, 5.41) is 3.15. The molecule has 0 aromatic heterocycles. The zero-order valence-electron chi connectivity index (χ0n) is 25.4. The van der Waals surface area contributed by atoms with Crippen molar-refractivity contribution in [1.29, 1.82) is 0 Å². The number of aryl methyl sites for hydroxylation is 4. The van der Waals surface area contributed by atoms with Crippen molar-refractivity contribution in [3.63, 3.8) is 0 Å². The summed E-state index contributed by atoms with van der Waals surface area (Å²) in [6, 6.07) is 19.3. The number of hydrogen-bond acceptors (Lipinski definition) is 4. The molecule has 7 nitrogen and oxygen atoms in total. The fraction of sp³-hybridized carbons (Fsp3) is 0.412. The first kappa shape index (κ1) is 31.3. The summed E-state index contributed by atoms with van der Waals surface area (Å²) >= 11 is 0. The van der Waals surface area contributed by atoms with E-state index in [1.807, 2.05) is 64.1 Å². The lowest BCUT2D eigenvalue weighted by Gasteiger charge is -2.33. The fourth-order valence-electron chi connectivity index (χ4n) is 5.50. The fourth-order valence-corrected chi connectivity index (χ4v) is 6.97. The zero-order valence-corrected chi connectivity index (χ0v) is 26.2. The second-order valence-corrected chi connectivity index (χ2v) is 13.5. The molecule has 1 atom stereocenters. The molecular formula is C34H43N3O4S. The van der Waals surface area contributed by atoms with Crippen molar-refractivity contribution >= 4 is 27.5 Å². The van der Waals surface area contributed by atoms with Gasteiger partial charge in [0.1, 0.15) is 12.6 Å². The summed E-state index contributed by atoms with van der Waals surface area (Å²) < 4.78 is 29.4. The number of benzene rings is 3. The Kier molecular flexibility index (Phi) is 10.1. The van der Waals surface area contributed by atoms with Gasteiger partial charge in [-0.1, -0.05) is 78.9 Å². The van der Waals surface area contributed by atoms with E-state index in [9.17, 15) is 18.0 Å².